The van der Waals surface area contributed by atoms with Gasteiger partial charge < -0.3 is 19.9 Å². The zero-order chi connectivity index (χ0) is 19.4. The monoisotopic (exact) mass is 357 g/mol. The first-order chi connectivity index (χ1) is 12.2. The normalized spacial score (nSPS) is 11.0. The summed E-state index contributed by atoms with van der Waals surface area (Å²) in [5.41, 5.74) is 9.84. The first kappa shape index (κ1) is 19.7. The Morgan fingerprint density at radius 3 is 2.23 bits per heavy atom. The summed E-state index contributed by atoms with van der Waals surface area (Å²) >= 11 is 0. The Morgan fingerprint density at radius 1 is 1.12 bits per heavy atom. The van der Waals surface area contributed by atoms with Crippen molar-refractivity contribution in [3.63, 3.8) is 0 Å². The molecule has 6 heteroatoms. The summed E-state index contributed by atoms with van der Waals surface area (Å²) in [7, 11) is 4.08. The van der Waals surface area contributed by atoms with E-state index in [0.717, 1.165) is 42.0 Å². The Morgan fingerprint density at radius 2 is 1.73 bits per heavy atom. The van der Waals surface area contributed by atoms with Gasteiger partial charge in [0.15, 0.2) is 0 Å². The van der Waals surface area contributed by atoms with Crippen LogP contribution in [-0.4, -0.2) is 42.0 Å². The van der Waals surface area contributed by atoms with Crippen molar-refractivity contribution in [3.8, 4) is 16.9 Å². The van der Waals surface area contributed by atoms with Gasteiger partial charge >= 0.3 is 5.97 Å². The highest BCUT2D eigenvalue weighted by atomic mass is 16.5. The standard InChI is InChI=1S/C20H27N3O3/c1-13-18(16-7-9-17(10-8-16)26-15(3)24)19(20(21)25)14(2)23(13)12-6-11-22(4)5/h7-10H,6,11-12H2,1-5H3,(H2,21,25). The second-order valence-electron chi connectivity index (χ2n) is 6.71. The van der Waals surface area contributed by atoms with Crippen molar-refractivity contribution >= 4 is 11.9 Å². The van der Waals surface area contributed by atoms with Crippen LogP contribution in [0.1, 0.15) is 35.1 Å². The van der Waals surface area contributed by atoms with Gasteiger partial charge in [-0.1, -0.05) is 12.1 Å². The molecule has 2 N–H and O–H groups in total. The lowest BCUT2D eigenvalue weighted by Gasteiger charge is -2.13. The van der Waals surface area contributed by atoms with Crippen molar-refractivity contribution in [2.24, 2.45) is 5.73 Å². The lowest BCUT2D eigenvalue weighted by Crippen LogP contribution is -2.16. The highest BCUT2D eigenvalue weighted by Gasteiger charge is 2.22. The third kappa shape index (κ3) is 4.32. The minimum atomic E-state index is -0.434. The number of primary amides is 1. The highest BCUT2D eigenvalue weighted by molar-refractivity contribution is 6.02. The topological polar surface area (TPSA) is 77.6 Å². The molecule has 0 atom stereocenters. The number of ether oxygens (including phenoxy) is 1. The molecule has 1 aromatic carbocycles. The molecule has 0 unspecified atom stereocenters. The summed E-state index contributed by atoms with van der Waals surface area (Å²) in [6.07, 6.45) is 0.979. The number of carbonyl (C=O) groups excluding carboxylic acids is 2. The first-order valence-corrected chi connectivity index (χ1v) is 8.65. The van der Waals surface area contributed by atoms with Crippen molar-refractivity contribution in [2.75, 3.05) is 20.6 Å². The molecule has 0 bridgehead atoms. The molecule has 0 fully saturated rings. The zero-order valence-electron chi connectivity index (χ0n) is 16.1. The van der Waals surface area contributed by atoms with Gasteiger partial charge in [0.05, 0.1) is 5.56 Å². The summed E-state index contributed by atoms with van der Waals surface area (Å²) in [5, 5.41) is 0. The van der Waals surface area contributed by atoms with Crippen LogP contribution in [0.4, 0.5) is 0 Å². The third-order valence-corrected chi connectivity index (χ3v) is 4.42. The van der Waals surface area contributed by atoms with Crippen molar-refractivity contribution in [3.05, 3.63) is 41.2 Å². The molecule has 2 aromatic rings. The number of hydrogen-bond acceptors (Lipinski definition) is 4. The molecule has 26 heavy (non-hydrogen) atoms. The number of nitrogens with two attached hydrogens (primary N) is 1. The first-order valence-electron chi connectivity index (χ1n) is 8.65. The van der Waals surface area contributed by atoms with Crippen LogP contribution < -0.4 is 10.5 Å². The number of aromatic nitrogens is 1. The number of benzene rings is 1. The fourth-order valence-electron chi connectivity index (χ4n) is 3.27. The Kier molecular flexibility index (Phi) is 6.21. The van der Waals surface area contributed by atoms with E-state index in [1.807, 2.05) is 40.1 Å². The van der Waals surface area contributed by atoms with Gasteiger partial charge in [-0.05, 0) is 58.6 Å². The molecule has 6 nitrogen and oxygen atoms in total. The van der Waals surface area contributed by atoms with E-state index in [-0.39, 0.29) is 5.97 Å². The molecule has 0 saturated heterocycles. The Balaban J connectivity index is 2.43. The SMILES string of the molecule is CC(=O)Oc1ccc(-c2c(C(N)=O)c(C)n(CCCN(C)C)c2C)cc1. The predicted molar refractivity (Wildman–Crippen MR) is 102 cm³/mol. The van der Waals surface area contributed by atoms with Crippen LogP contribution in [-0.2, 0) is 11.3 Å². The van der Waals surface area contributed by atoms with Crippen LogP contribution in [0.5, 0.6) is 5.75 Å². The summed E-state index contributed by atoms with van der Waals surface area (Å²) in [4.78, 5) is 25.3. The van der Waals surface area contributed by atoms with Crippen molar-refractivity contribution in [2.45, 2.75) is 33.7 Å². The zero-order valence-corrected chi connectivity index (χ0v) is 16.1. The van der Waals surface area contributed by atoms with Crippen LogP contribution >= 0.6 is 0 Å². The maximum absolute atomic E-state index is 12.1. The molecular formula is C20H27N3O3. The number of rotatable bonds is 7. The van der Waals surface area contributed by atoms with Crippen LogP contribution in [0.2, 0.25) is 0 Å². The molecule has 0 radical (unpaired) electrons. The third-order valence-electron chi connectivity index (χ3n) is 4.42. The minimum absolute atomic E-state index is 0.366. The van der Waals surface area contributed by atoms with E-state index in [0.29, 0.717) is 11.3 Å². The Bertz CT molecular complexity index is 805. The van der Waals surface area contributed by atoms with Crippen LogP contribution in [0.15, 0.2) is 24.3 Å². The second-order valence-corrected chi connectivity index (χ2v) is 6.71. The van der Waals surface area contributed by atoms with Gasteiger partial charge in [0.2, 0.25) is 0 Å². The molecule has 0 aliphatic carbocycles. The van der Waals surface area contributed by atoms with E-state index in [1.165, 1.54) is 6.92 Å². The summed E-state index contributed by atoms with van der Waals surface area (Å²) < 4.78 is 7.23. The van der Waals surface area contributed by atoms with Gasteiger partial charge in [-0.25, -0.2) is 0 Å². The quantitative estimate of drug-likeness (QED) is 0.610. The van der Waals surface area contributed by atoms with Gasteiger partial charge in [-0.3, -0.25) is 9.59 Å². The average molecular weight is 357 g/mol. The molecule has 1 heterocycles. The number of nitrogens with zero attached hydrogens (tertiary/aromatic N) is 2. The van der Waals surface area contributed by atoms with Crippen LogP contribution in [0.25, 0.3) is 11.1 Å². The molecular weight excluding hydrogens is 330 g/mol. The second kappa shape index (κ2) is 8.19. The number of amides is 1. The lowest BCUT2D eigenvalue weighted by molar-refractivity contribution is -0.131. The average Bonchev–Trinajstić information content (AvgIpc) is 2.79. The Hall–Kier alpha value is -2.60. The molecule has 0 aliphatic rings. The van der Waals surface area contributed by atoms with E-state index in [4.69, 9.17) is 10.5 Å². The summed E-state index contributed by atoms with van der Waals surface area (Å²) in [6.45, 7) is 7.08. The van der Waals surface area contributed by atoms with Gasteiger partial charge in [0.25, 0.3) is 5.91 Å². The summed E-state index contributed by atoms with van der Waals surface area (Å²) in [5.74, 6) is -0.327. The maximum atomic E-state index is 12.1. The Labute approximate surface area is 154 Å². The fraction of sp³-hybridized carbons (Fsp3) is 0.400. The van der Waals surface area contributed by atoms with Crippen molar-refractivity contribution in [1.82, 2.24) is 9.47 Å². The maximum Gasteiger partial charge on any atom is 0.308 e. The number of carbonyl (C=O) groups is 2. The lowest BCUT2D eigenvalue weighted by atomic mass is 10.00. The van der Waals surface area contributed by atoms with Gasteiger partial charge in [0, 0.05) is 30.4 Å². The van der Waals surface area contributed by atoms with Crippen LogP contribution in [0, 0.1) is 13.8 Å². The molecule has 0 aliphatic heterocycles. The van der Waals surface area contributed by atoms with E-state index in [2.05, 4.69) is 9.47 Å². The van der Waals surface area contributed by atoms with Crippen molar-refractivity contribution < 1.29 is 14.3 Å². The molecule has 1 aromatic heterocycles. The van der Waals surface area contributed by atoms with E-state index < -0.39 is 5.91 Å². The number of esters is 1. The van der Waals surface area contributed by atoms with Gasteiger partial charge in [0.1, 0.15) is 5.75 Å². The minimum Gasteiger partial charge on any atom is -0.427 e. The molecule has 0 spiro atoms. The van der Waals surface area contributed by atoms with E-state index in [9.17, 15) is 9.59 Å². The molecule has 2 rings (SSSR count). The van der Waals surface area contributed by atoms with Gasteiger partial charge in [-0.2, -0.15) is 0 Å². The predicted octanol–water partition coefficient (Wildman–Crippen LogP) is 2.75. The largest absolute Gasteiger partial charge is 0.427 e. The smallest absolute Gasteiger partial charge is 0.308 e. The van der Waals surface area contributed by atoms with Crippen molar-refractivity contribution in [1.29, 1.82) is 0 Å². The molecule has 0 saturated carbocycles. The fourth-order valence-corrected chi connectivity index (χ4v) is 3.27. The number of hydrogen-bond donors (Lipinski definition) is 1. The summed E-state index contributed by atoms with van der Waals surface area (Å²) in [6, 6.07) is 7.13. The molecule has 1 amide bonds. The van der Waals surface area contributed by atoms with E-state index >= 15 is 0 Å². The highest BCUT2D eigenvalue weighted by Crippen LogP contribution is 2.33. The van der Waals surface area contributed by atoms with E-state index in [1.54, 1.807) is 12.1 Å². The van der Waals surface area contributed by atoms with Gasteiger partial charge in [-0.15, -0.1) is 0 Å². The molecule has 140 valence electrons. The van der Waals surface area contributed by atoms with Crippen LogP contribution in [0.3, 0.4) is 0 Å².